The molecule has 0 bridgehead atoms. The van der Waals surface area contributed by atoms with E-state index in [-0.39, 0.29) is 0 Å². The largest absolute Gasteiger partial charge is 0.120 e. The molecule has 0 rings (SSSR count). The van der Waals surface area contributed by atoms with Crippen molar-refractivity contribution in [2.24, 2.45) is 0 Å². The summed E-state index contributed by atoms with van der Waals surface area (Å²) in [6, 6.07) is 0. The van der Waals surface area contributed by atoms with E-state index in [1.54, 1.807) is 5.37 Å². The van der Waals surface area contributed by atoms with Crippen LogP contribution in [0.4, 0.5) is 0 Å². The third-order valence-corrected chi connectivity index (χ3v) is 0.642. The first-order valence-corrected chi connectivity index (χ1v) is 2.26. The highest BCUT2D eigenvalue weighted by atomic mass is 32.1. The molecule has 0 aliphatic heterocycles. The average Bonchev–Trinajstić information content (AvgIpc) is 1.61. The van der Waals surface area contributed by atoms with E-state index in [0.717, 1.165) is 12.8 Å². The Morgan fingerprint density at radius 2 is 2.50 bits per heavy atom. The van der Waals surface area contributed by atoms with Crippen molar-refractivity contribution in [2.45, 2.75) is 12.8 Å². The fourth-order valence-corrected chi connectivity index (χ4v) is 0.260. The number of terminal acetylenes is 1. The SMILES string of the molecule is C#CCCC=S. The Hall–Kier alpha value is -0.350. The fourth-order valence-electron chi connectivity index (χ4n) is 0.142. The predicted molar refractivity (Wildman–Crippen MR) is 31.7 cm³/mol. The molecule has 0 amide bonds. The molecule has 0 nitrogen and oxygen atoms in total. The van der Waals surface area contributed by atoms with Crippen molar-refractivity contribution in [2.75, 3.05) is 0 Å². The van der Waals surface area contributed by atoms with Crippen LogP contribution < -0.4 is 0 Å². The second-order valence-electron chi connectivity index (χ2n) is 0.909. The summed E-state index contributed by atoms with van der Waals surface area (Å²) in [5.74, 6) is 2.47. The summed E-state index contributed by atoms with van der Waals surface area (Å²) >= 11 is 4.50. The lowest BCUT2D eigenvalue weighted by Crippen LogP contribution is -1.64. The standard InChI is InChI=1S/C5H6S/c1-2-3-4-5-6/h1,5H,3-4H2. The minimum absolute atomic E-state index is 0.781. The summed E-state index contributed by atoms with van der Waals surface area (Å²) in [7, 11) is 0. The lowest BCUT2D eigenvalue weighted by Gasteiger charge is -1.72. The second-order valence-corrected chi connectivity index (χ2v) is 1.24. The van der Waals surface area contributed by atoms with E-state index in [1.807, 2.05) is 0 Å². The van der Waals surface area contributed by atoms with E-state index < -0.39 is 0 Å². The van der Waals surface area contributed by atoms with Crippen molar-refractivity contribution in [3.8, 4) is 12.3 Å². The van der Waals surface area contributed by atoms with Gasteiger partial charge in [-0.2, -0.15) is 0 Å². The average molecular weight is 98.2 g/mol. The van der Waals surface area contributed by atoms with Gasteiger partial charge in [0.2, 0.25) is 0 Å². The van der Waals surface area contributed by atoms with Gasteiger partial charge in [0.05, 0.1) is 0 Å². The Balaban J connectivity index is 2.72. The minimum atomic E-state index is 0.781. The summed E-state index contributed by atoms with van der Waals surface area (Å²) in [6.07, 6.45) is 6.55. The lowest BCUT2D eigenvalue weighted by molar-refractivity contribution is 1.18. The van der Waals surface area contributed by atoms with E-state index in [2.05, 4.69) is 18.1 Å². The summed E-state index contributed by atoms with van der Waals surface area (Å²) < 4.78 is 0. The Bertz CT molecular complexity index is 68.5. The van der Waals surface area contributed by atoms with E-state index in [9.17, 15) is 0 Å². The first kappa shape index (κ1) is 5.65. The maximum atomic E-state index is 4.90. The third kappa shape index (κ3) is 3.65. The van der Waals surface area contributed by atoms with E-state index in [0.29, 0.717) is 0 Å². The molecule has 0 fully saturated rings. The van der Waals surface area contributed by atoms with Gasteiger partial charge >= 0.3 is 0 Å². The van der Waals surface area contributed by atoms with Crippen molar-refractivity contribution in [3.05, 3.63) is 0 Å². The summed E-state index contributed by atoms with van der Waals surface area (Å²) in [5.41, 5.74) is 0. The molecule has 0 aliphatic carbocycles. The van der Waals surface area contributed by atoms with Crippen molar-refractivity contribution >= 4 is 17.6 Å². The zero-order chi connectivity index (χ0) is 4.83. The maximum absolute atomic E-state index is 4.90. The smallest absolute Gasteiger partial charge is 0.0129 e. The normalized spacial score (nSPS) is 6.50. The van der Waals surface area contributed by atoms with Gasteiger partial charge in [-0.3, -0.25) is 0 Å². The van der Waals surface area contributed by atoms with Gasteiger partial charge < -0.3 is 0 Å². The number of hydrogen-bond acceptors (Lipinski definition) is 1. The number of thiocarbonyl (C=S) groups is 1. The number of rotatable bonds is 2. The zero-order valence-corrected chi connectivity index (χ0v) is 4.29. The molecule has 0 radical (unpaired) electrons. The van der Waals surface area contributed by atoms with E-state index in [4.69, 9.17) is 6.42 Å². The van der Waals surface area contributed by atoms with Crippen LogP contribution in [0.5, 0.6) is 0 Å². The highest BCUT2D eigenvalue weighted by Gasteiger charge is 1.67. The van der Waals surface area contributed by atoms with Gasteiger partial charge in [-0.05, 0) is 11.8 Å². The molecule has 6 heavy (non-hydrogen) atoms. The Morgan fingerprint density at radius 3 is 2.67 bits per heavy atom. The molecule has 0 saturated heterocycles. The highest BCUT2D eigenvalue weighted by molar-refractivity contribution is 7.78. The second kappa shape index (κ2) is 4.65. The van der Waals surface area contributed by atoms with Gasteiger partial charge in [0, 0.05) is 6.42 Å². The summed E-state index contributed by atoms with van der Waals surface area (Å²) in [5, 5.41) is 1.65. The van der Waals surface area contributed by atoms with E-state index >= 15 is 0 Å². The highest BCUT2D eigenvalue weighted by Crippen LogP contribution is 1.77. The Kier molecular flexibility index (Phi) is 4.38. The summed E-state index contributed by atoms with van der Waals surface area (Å²) in [4.78, 5) is 0. The molecule has 0 heterocycles. The Labute approximate surface area is 43.6 Å². The first-order valence-electron chi connectivity index (χ1n) is 1.79. The van der Waals surface area contributed by atoms with Crippen molar-refractivity contribution in [1.29, 1.82) is 0 Å². The van der Waals surface area contributed by atoms with Crippen LogP contribution in [-0.2, 0) is 0 Å². The topological polar surface area (TPSA) is 0 Å². The van der Waals surface area contributed by atoms with Crippen LogP contribution in [-0.4, -0.2) is 5.37 Å². The van der Waals surface area contributed by atoms with Crippen LogP contribution in [0.2, 0.25) is 0 Å². The molecular weight excluding hydrogens is 92.1 g/mol. The quantitative estimate of drug-likeness (QED) is 0.286. The van der Waals surface area contributed by atoms with Gasteiger partial charge in [-0.15, -0.1) is 12.3 Å². The molecule has 0 aliphatic rings. The fraction of sp³-hybridized carbons (Fsp3) is 0.400. The van der Waals surface area contributed by atoms with Crippen LogP contribution in [0.15, 0.2) is 0 Å². The predicted octanol–water partition coefficient (Wildman–Crippen LogP) is 1.40. The third-order valence-electron chi connectivity index (χ3n) is 0.407. The molecule has 0 aromatic rings. The van der Waals surface area contributed by atoms with Crippen molar-refractivity contribution < 1.29 is 0 Å². The molecule has 32 valence electrons. The maximum Gasteiger partial charge on any atom is 0.0129 e. The number of unbranched alkanes of at least 4 members (excludes halogenated alkanes) is 1. The van der Waals surface area contributed by atoms with Crippen LogP contribution in [0.1, 0.15) is 12.8 Å². The molecular formula is C5H6S. The summed E-state index contributed by atoms with van der Waals surface area (Å²) in [6.45, 7) is 0. The van der Waals surface area contributed by atoms with Crippen LogP contribution >= 0.6 is 12.2 Å². The van der Waals surface area contributed by atoms with E-state index in [1.165, 1.54) is 0 Å². The monoisotopic (exact) mass is 98.0 g/mol. The van der Waals surface area contributed by atoms with Gasteiger partial charge in [0.1, 0.15) is 0 Å². The molecule has 0 saturated carbocycles. The van der Waals surface area contributed by atoms with Gasteiger partial charge in [-0.1, -0.05) is 12.2 Å². The molecule has 0 atom stereocenters. The first-order chi connectivity index (χ1) is 2.91. The molecule has 1 heteroatoms. The molecule has 0 aromatic carbocycles. The van der Waals surface area contributed by atoms with Crippen LogP contribution in [0.25, 0.3) is 0 Å². The number of hydrogen-bond donors (Lipinski definition) is 0. The molecule has 0 N–H and O–H groups in total. The minimum Gasteiger partial charge on any atom is -0.120 e. The van der Waals surface area contributed by atoms with Gasteiger partial charge in [-0.25, -0.2) is 0 Å². The van der Waals surface area contributed by atoms with Gasteiger partial charge in [0.15, 0.2) is 0 Å². The molecule has 0 unspecified atom stereocenters. The van der Waals surface area contributed by atoms with Crippen molar-refractivity contribution in [1.82, 2.24) is 0 Å². The van der Waals surface area contributed by atoms with Crippen LogP contribution in [0, 0.1) is 12.3 Å². The van der Waals surface area contributed by atoms with Crippen LogP contribution in [0.3, 0.4) is 0 Å². The van der Waals surface area contributed by atoms with Gasteiger partial charge in [0.25, 0.3) is 0 Å². The zero-order valence-electron chi connectivity index (χ0n) is 3.48. The molecule has 0 spiro atoms. The van der Waals surface area contributed by atoms with Crippen molar-refractivity contribution in [3.63, 3.8) is 0 Å². The lowest BCUT2D eigenvalue weighted by atomic mass is 10.4. The Morgan fingerprint density at radius 1 is 1.83 bits per heavy atom. The molecule has 0 aromatic heterocycles.